The highest BCUT2D eigenvalue weighted by Crippen LogP contribution is 2.48. The lowest BCUT2D eigenvalue weighted by Gasteiger charge is -2.33. The Morgan fingerprint density at radius 3 is 2.16 bits per heavy atom. The van der Waals surface area contributed by atoms with E-state index in [4.69, 9.17) is 4.99 Å². The van der Waals surface area contributed by atoms with Gasteiger partial charge in [-0.3, -0.25) is 0 Å². The standard InChI is InChI=1S/C29H23N3/c1-20-27(23-16-8-10-18-25(23)30-20)29(21-12-4-2-5-13-21)28(31-22-14-6-3-7-15-22)24-17-9-11-19-26(24)32-29/h2-19,30,32H,1H3. The second-order valence-corrected chi connectivity index (χ2v) is 8.25. The van der Waals surface area contributed by atoms with Crippen molar-refractivity contribution in [1.29, 1.82) is 0 Å². The van der Waals surface area contributed by atoms with Crippen LogP contribution in [0.5, 0.6) is 0 Å². The predicted molar refractivity (Wildman–Crippen MR) is 133 cm³/mol. The highest BCUT2D eigenvalue weighted by atomic mass is 15.1. The first-order valence-electron chi connectivity index (χ1n) is 10.9. The highest BCUT2D eigenvalue weighted by Gasteiger charge is 2.48. The molecule has 0 saturated carbocycles. The zero-order chi connectivity index (χ0) is 21.5. The van der Waals surface area contributed by atoms with Crippen molar-refractivity contribution in [3.63, 3.8) is 0 Å². The van der Waals surface area contributed by atoms with Gasteiger partial charge in [0.2, 0.25) is 0 Å². The monoisotopic (exact) mass is 413 g/mol. The van der Waals surface area contributed by atoms with Gasteiger partial charge in [-0.15, -0.1) is 0 Å². The van der Waals surface area contributed by atoms with E-state index >= 15 is 0 Å². The molecule has 5 aromatic rings. The van der Waals surface area contributed by atoms with Crippen molar-refractivity contribution in [3.05, 3.63) is 132 Å². The van der Waals surface area contributed by atoms with Crippen molar-refractivity contribution in [2.24, 2.45) is 4.99 Å². The molecule has 0 saturated heterocycles. The van der Waals surface area contributed by atoms with E-state index in [9.17, 15) is 0 Å². The molecule has 0 spiro atoms. The summed E-state index contributed by atoms with van der Waals surface area (Å²) in [6.45, 7) is 2.16. The lowest BCUT2D eigenvalue weighted by atomic mass is 9.77. The number of aliphatic imine (C=N–C) groups is 1. The average molecular weight is 414 g/mol. The van der Waals surface area contributed by atoms with Crippen LogP contribution in [0.1, 0.15) is 22.4 Å². The van der Waals surface area contributed by atoms with Crippen molar-refractivity contribution in [2.45, 2.75) is 12.5 Å². The SMILES string of the molecule is Cc1[nH]c2ccccc2c1C1(c2ccccc2)Nc2ccccc2C1=Nc1ccccc1. The quantitative estimate of drug-likeness (QED) is 0.329. The Labute approximate surface area is 187 Å². The summed E-state index contributed by atoms with van der Waals surface area (Å²) in [6.07, 6.45) is 0. The summed E-state index contributed by atoms with van der Waals surface area (Å²) in [5.74, 6) is 0. The fourth-order valence-electron chi connectivity index (χ4n) is 5.02. The van der Waals surface area contributed by atoms with Crippen molar-refractivity contribution < 1.29 is 0 Å². The van der Waals surface area contributed by atoms with Crippen LogP contribution >= 0.6 is 0 Å². The van der Waals surface area contributed by atoms with E-state index in [0.29, 0.717) is 0 Å². The second kappa shape index (κ2) is 7.24. The predicted octanol–water partition coefficient (Wildman–Crippen LogP) is 6.97. The Balaban J connectivity index is 1.75. The van der Waals surface area contributed by atoms with E-state index in [2.05, 4.69) is 108 Å². The Morgan fingerprint density at radius 1 is 0.688 bits per heavy atom. The molecule has 2 N–H and O–H groups in total. The number of anilines is 1. The summed E-state index contributed by atoms with van der Waals surface area (Å²) < 4.78 is 0. The third kappa shape index (κ3) is 2.71. The van der Waals surface area contributed by atoms with Crippen molar-refractivity contribution in [3.8, 4) is 0 Å². The molecule has 0 amide bonds. The second-order valence-electron chi connectivity index (χ2n) is 8.25. The minimum atomic E-state index is -0.621. The average Bonchev–Trinajstić information content (AvgIpc) is 3.35. The number of aromatic amines is 1. The van der Waals surface area contributed by atoms with Gasteiger partial charge in [-0.1, -0.05) is 84.9 Å². The number of benzene rings is 4. The van der Waals surface area contributed by atoms with E-state index < -0.39 is 5.54 Å². The molecular weight excluding hydrogens is 390 g/mol. The normalized spacial score (nSPS) is 18.6. The Bertz CT molecular complexity index is 1450. The number of H-pyrrole nitrogens is 1. The molecule has 1 aromatic heterocycles. The van der Waals surface area contributed by atoms with Crippen molar-refractivity contribution >= 4 is 28.0 Å². The molecule has 1 aliphatic rings. The largest absolute Gasteiger partial charge is 0.366 e. The first-order valence-corrected chi connectivity index (χ1v) is 10.9. The van der Waals surface area contributed by atoms with Crippen molar-refractivity contribution in [2.75, 3.05) is 5.32 Å². The van der Waals surface area contributed by atoms with Gasteiger partial charge >= 0.3 is 0 Å². The molecule has 4 aromatic carbocycles. The molecule has 1 unspecified atom stereocenters. The summed E-state index contributed by atoms with van der Waals surface area (Å²) >= 11 is 0. The van der Waals surface area contributed by atoms with Gasteiger partial charge in [0.15, 0.2) is 0 Å². The molecule has 3 heteroatoms. The lowest BCUT2D eigenvalue weighted by molar-refractivity contribution is 0.810. The van der Waals surface area contributed by atoms with Crippen LogP contribution < -0.4 is 5.32 Å². The van der Waals surface area contributed by atoms with Crippen LogP contribution in [0.4, 0.5) is 11.4 Å². The number of fused-ring (bicyclic) bond motifs is 2. The van der Waals surface area contributed by atoms with Crippen LogP contribution in [-0.4, -0.2) is 10.7 Å². The molecule has 32 heavy (non-hydrogen) atoms. The summed E-state index contributed by atoms with van der Waals surface area (Å²) in [7, 11) is 0. The number of rotatable bonds is 3. The topological polar surface area (TPSA) is 40.2 Å². The number of para-hydroxylation sites is 3. The van der Waals surface area contributed by atoms with E-state index in [0.717, 1.165) is 33.9 Å². The van der Waals surface area contributed by atoms with Crippen LogP contribution in [0.3, 0.4) is 0 Å². The molecule has 2 heterocycles. The number of hydrogen-bond donors (Lipinski definition) is 2. The summed E-state index contributed by atoms with van der Waals surface area (Å²) in [5, 5.41) is 5.12. The number of hydrogen-bond acceptors (Lipinski definition) is 2. The number of nitrogens with zero attached hydrogens (tertiary/aromatic N) is 1. The summed E-state index contributed by atoms with van der Waals surface area (Å²) in [4.78, 5) is 8.89. The molecule has 0 bridgehead atoms. The lowest BCUT2D eigenvalue weighted by Crippen LogP contribution is -2.40. The van der Waals surface area contributed by atoms with Gasteiger partial charge in [-0.25, -0.2) is 4.99 Å². The van der Waals surface area contributed by atoms with E-state index in [1.807, 2.05) is 18.2 Å². The minimum Gasteiger partial charge on any atom is -0.366 e. The first kappa shape index (κ1) is 18.6. The zero-order valence-electron chi connectivity index (χ0n) is 17.8. The van der Waals surface area contributed by atoms with E-state index in [-0.39, 0.29) is 0 Å². The van der Waals surface area contributed by atoms with Crippen molar-refractivity contribution in [1.82, 2.24) is 4.98 Å². The van der Waals surface area contributed by atoms with Gasteiger partial charge in [-0.2, -0.15) is 0 Å². The molecule has 1 aliphatic heterocycles. The summed E-state index contributed by atoms with van der Waals surface area (Å²) in [6, 6.07) is 37.9. The molecule has 0 aliphatic carbocycles. The molecular formula is C29H23N3. The zero-order valence-corrected chi connectivity index (χ0v) is 17.8. The van der Waals surface area contributed by atoms with Crippen LogP contribution in [0.25, 0.3) is 10.9 Å². The summed E-state index contributed by atoms with van der Waals surface area (Å²) in [5.41, 5.74) is 8.20. The van der Waals surface area contributed by atoms with Gasteiger partial charge in [0, 0.05) is 33.4 Å². The van der Waals surface area contributed by atoms with Crippen LogP contribution in [-0.2, 0) is 5.54 Å². The number of aryl methyl sites for hydroxylation is 1. The maximum absolute atomic E-state index is 5.27. The van der Waals surface area contributed by atoms with Crippen LogP contribution in [0, 0.1) is 6.92 Å². The van der Waals surface area contributed by atoms with Gasteiger partial charge in [0.25, 0.3) is 0 Å². The minimum absolute atomic E-state index is 0.621. The third-order valence-electron chi connectivity index (χ3n) is 6.33. The Morgan fingerprint density at radius 2 is 1.34 bits per heavy atom. The van der Waals surface area contributed by atoms with Gasteiger partial charge in [-0.05, 0) is 36.8 Å². The maximum Gasteiger partial charge on any atom is 0.134 e. The molecule has 3 nitrogen and oxygen atoms in total. The molecule has 154 valence electrons. The molecule has 0 radical (unpaired) electrons. The molecule has 6 rings (SSSR count). The van der Waals surface area contributed by atoms with Gasteiger partial charge < -0.3 is 10.3 Å². The number of nitrogens with one attached hydrogen (secondary N) is 2. The first-order chi connectivity index (χ1) is 15.8. The van der Waals surface area contributed by atoms with E-state index in [1.54, 1.807) is 0 Å². The van der Waals surface area contributed by atoms with Crippen LogP contribution in [0.2, 0.25) is 0 Å². The highest BCUT2D eigenvalue weighted by molar-refractivity contribution is 6.21. The van der Waals surface area contributed by atoms with Gasteiger partial charge in [0.1, 0.15) is 5.54 Å². The van der Waals surface area contributed by atoms with E-state index in [1.165, 1.54) is 16.5 Å². The molecule has 0 fully saturated rings. The van der Waals surface area contributed by atoms with Gasteiger partial charge in [0.05, 0.1) is 11.4 Å². The maximum atomic E-state index is 5.27. The Kier molecular flexibility index (Phi) is 4.22. The fraction of sp³-hybridized carbons (Fsp3) is 0.0690. The van der Waals surface area contributed by atoms with Crippen LogP contribution in [0.15, 0.2) is 114 Å². The number of aromatic nitrogens is 1. The third-order valence-corrected chi connectivity index (χ3v) is 6.33. The molecule has 1 atom stereocenters. The fourth-order valence-corrected chi connectivity index (χ4v) is 5.02. The Hall–Kier alpha value is -4.11. The smallest absolute Gasteiger partial charge is 0.134 e.